The Balaban J connectivity index is 1.70. The molecule has 116 valence electrons. The van der Waals surface area contributed by atoms with Crippen LogP contribution >= 0.6 is 0 Å². The van der Waals surface area contributed by atoms with Crippen molar-refractivity contribution in [1.82, 2.24) is 20.8 Å². The number of methoxy groups -OCH3 is 1. The van der Waals surface area contributed by atoms with Crippen molar-refractivity contribution in [3.8, 4) is 5.75 Å². The Morgan fingerprint density at radius 2 is 1.91 bits per heavy atom. The van der Waals surface area contributed by atoms with Gasteiger partial charge in [0, 0.05) is 23.2 Å². The summed E-state index contributed by atoms with van der Waals surface area (Å²) in [6.07, 6.45) is 1.50. The molecule has 0 aliphatic carbocycles. The number of nitrogens with one attached hydrogen (secondary N) is 3. The van der Waals surface area contributed by atoms with E-state index in [1.165, 1.54) is 6.20 Å². The van der Waals surface area contributed by atoms with E-state index >= 15 is 0 Å². The number of hydrogen-bond acceptors (Lipinski definition) is 4. The van der Waals surface area contributed by atoms with Crippen LogP contribution in [0.2, 0.25) is 0 Å². The first kappa shape index (κ1) is 14.6. The number of benzene rings is 1. The van der Waals surface area contributed by atoms with Gasteiger partial charge in [-0.05, 0) is 30.3 Å². The molecule has 2 amide bonds. The largest absolute Gasteiger partial charge is 0.497 e. The molecule has 3 aromatic rings. The van der Waals surface area contributed by atoms with Crippen LogP contribution in [0.5, 0.6) is 5.75 Å². The van der Waals surface area contributed by atoms with E-state index in [1.54, 1.807) is 43.5 Å². The van der Waals surface area contributed by atoms with Gasteiger partial charge in [0.25, 0.3) is 11.8 Å². The third-order valence-electron chi connectivity index (χ3n) is 3.26. The van der Waals surface area contributed by atoms with Crippen molar-refractivity contribution in [1.29, 1.82) is 0 Å². The van der Waals surface area contributed by atoms with Crippen molar-refractivity contribution in [3.63, 3.8) is 0 Å². The van der Waals surface area contributed by atoms with Crippen molar-refractivity contribution in [2.24, 2.45) is 0 Å². The van der Waals surface area contributed by atoms with Crippen LogP contribution in [0.4, 0.5) is 0 Å². The SMILES string of the molecule is COc1ccc2cc(C(=O)NNC(=O)c3ccccn3)[nH]c2c1. The van der Waals surface area contributed by atoms with E-state index in [2.05, 4.69) is 20.8 Å². The van der Waals surface area contributed by atoms with Gasteiger partial charge in [-0.15, -0.1) is 0 Å². The molecule has 2 heterocycles. The van der Waals surface area contributed by atoms with Crippen LogP contribution in [0, 0.1) is 0 Å². The Bertz CT molecular complexity index is 858. The highest BCUT2D eigenvalue weighted by Gasteiger charge is 2.12. The van der Waals surface area contributed by atoms with Gasteiger partial charge in [0.1, 0.15) is 17.1 Å². The first-order valence-electron chi connectivity index (χ1n) is 6.86. The van der Waals surface area contributed by atoms with Gasteiger partial charge in [0.15, 0.2) is 0 Å². The molecule has 0 fully saturated rings. The summed E-state index contributed by atoms with van der Waals surface area (Å²) in [7, 11) is 1.57. The van der Waals surface area contributed by atoms with Crippen LogP contribution in [-0.4, -0.2) is 28.9 Å². The molecule has 0 bridgehead atoms. The lowest BCUT2D eigenvalue weighted by Crippen LogP contribution is -2.42. The fourth-order valence-electron chi connectivity index (χ4n) is 2.10. The highest BCUT2D eigenvalue weighted by atomic mass is 16.5. The van der Waals surface area contributed by atoms with Crippen molar-refractivity contribution in [2.45, 2.75) is 0 Å². The quantitative estimate of drug-likeness (QED) is 0.641. The van der Waals surface area contributed by atoms with Crippen molar-refractivity contribution in [2.75, 3.05) is 7.11 Å². The van der Waals surface area contributed by atoms with Gasteiger partial charge < -0.3 is 9.72 Å². The Labute approximate surface area is 131 Å². The number of hydrogen-bond donors (Lipinski definition) is 3. The van der Waals surface area contributed by atoms with Gasteiger partial charge in [-0.2, -0.15) is 0 Å². The lowest BCUT2D eigenvalue weighted by atomic mass is 10.2. The number of aromatic nitrogens is 2. The third kappa shape index (κ3) is 3.13. The molecule has 7 nitrogen and oxygen atoms in total. The van der Waals surface area contributed by atoms with E-state index < -0.39 is 11.8 Å². The van der Waals surface area contributed by atoms with E-state index in [-0.39, 0.29) is 5.69 Å². The average Bonchev–Trinajstić information content (AvgIpc) is 3.03. The van der Waals surface area contributed by atoms with Crippen molar-refractivity contribution >= 4 is 22.7 Å². The van der Waals surface area contributed by atoms with E-state index in [0.717, 1.165) is 10.9 Å². The number of aromatic amines is 1. The molecular formula is C16H14N4O3. The molecule has 0 saturated carbocycles. The van der Waals surface area contributed by atoms with Gasteiger partial charge in [0.2, 0.25) is 0 Å². The number of fused-ring (bicyclic) bond motifs is 1. The maximum Gasteiger partial charge on any atom is 0.288 e. The maximum absolute atomic E-state index is 12.1. The number of ether oxygens (including phenoxy) is 1. The van der Waals surface area contributed by atoms with Crippen LogP contribution < -0.4 is 15.6 Å². The first-order chi connectivity index (χ1) is 11.2. The number of carbonyl (C=O) groups is 2. The highest BCUT2D eigenvalue weighted by molar-refractivity contribution is 6.00. The predicted molar refractivity (Wildman–Crippen MR) is 84.0 cm³/mol. The number of pyridine rings is 1. The van der Waals surface area contributed by atoms with Gasteiger partial charge in [-0.25, -0.2) is 0 Å². The minimum atomic E-state index is -0.489. The minimum Gasteiger partial charge on any atom is -0.497 e. The molecular weight excluding hydrogens is 296 g/mol. The number of H-pyrrole nitrogens is 1. The molecule has 0 unspecified atom stereocenters. The van der Waals surface area contributed by atoms with E-state index in [9.17, 15) is 9.59 Å². The molecule has 0 radical (unpaired) electrons. The minimum absolute atomic E-state index is 0.217. The smallest absolute Gasteiger partial charge is 0.288 e. The molecule has 2 aromatic heterocycles. The molecule has 0 atom stereocenters. The second kappa shape index (κ2) is 6.18. The van der Waals surface area contributed by atoms with Crippen molar-refractivity contribution < 1.29 is 14.3 Å². The highest BCUT2D eigenvalue weighted by Crippen LogP contribution is 2.21. The average molecular weight is 310 g/mol. The van der Waals surface area contributed by atoms with E-state index in [0.29, 0.717) is 11.4 Å². The van der Waals surface area contributed by atoms with E-state index in [1.807, 2.05) is 6.07 Å². The number of carbonyl (C=O) groups excluding carboxylic acids is 2. The van der Waals surface area contributed by atoms with Crippen molar-refractivity contribution in [3.05, 3.63) is 60.0 Å². The maximum atomic E-state index is 12.1. The molecule has 3 N–H and O–H groups in total. The van der Waals surface area contributed by atoms with E-state index in [4.69, 9.17) is 4.74 Å². The normalized spacial score (nSPS) is 10.3. The van der Waals surface area contributed by atoms with Crippen LogP contribution in [0.3, 0.4) is 0 Å². The lowest BCUT2D eigenvalue weighted by molar-refractivity contribution is 0.0842. The number of hydrazine groups is 1. The summed E-state index contributed by atoms with van der Waals surface area (Å²) in [6, 6.07) is 12.1. The monoisotopic (exact) mass is 310 g/mol. The Hall–Kier alpha value is -3.35. The number of amides is 2. The molecule has 0 saturated heterocycles. The van der Waals surface area contributed by atoms with Crippen LogP contribution in [-0.2, 0) is 0 Å². The molecule has 0 spiro atoms. The van der Waals surface area contributed by atoms with Gasteiger partial charge in [-0.1, -0.05) is 6.07 Å². The summed E-state index contributed by atoms with van der Waals surface area (Å²) in [5.74, 6) is -0.254. The molecule has 0 aliphatic rings. The zero-order chi connectivity index (χ0) is 16.2. The Morgan fingerprint density at radius 1 is 1.09 bits per heavy atom. The molecule has 1 aromatic carbocycles. The zero-order valence-electron chi connectivity index (χ0n) is 12.3. The van der Waals surface area contributed by atoms with Crippen LogP contribution in [0.15, 0.2) is 48.7 Å². The standard InChI is InChI=1S/C16H14N4O3/c1-23-11-6-5-10-8-14(18-13(10)9-11)16(22)20-19-15(21)12-4-2-3-7-17-12/h2-9,18H,1H3,(H,19,21)(H,20,22). The fourth-order valence-corrected chi connectivity index (χ4v) is 2.10. The molecule has 3 rings (SSSR count). The van der Waals surface area contributed by atoms with Gasteiger partial charge in [0.05, 0.1) is 7.11 Å². The second-order valence-corrected chi connectivity index (χ2v) is 4.76. The second-order valence-electron chi connectivity index (χ2n) is 4.76. The first-order valence-corrected chi connectivity index (χ1v) is 6.86. The van der Waals surface area contributed by atoms with Crippen LogP contribution in [0.1, 0.15) is 21.0 Å². The third-order valence-corrected chi connectivity index (χ3v) is 3.26. The lowest BCUT2D eigenvalue weighted by Gasteiger charge is -2.05. The molecule has 23 heavy (non-hydrogen) atoms. The summed E-state index contributed by atoms with van der Waals surface area (Å²) in [5.41, 5.74) is 5.98. The van der Waals surface area contributed by atoms with Crippen LogP contribution in [0.25, 0.3) is 10.9 Å². The molecule has 0 aliphatic heterocycles. The Kier molecular flexibility index (Phi) is 3.92. The van der Waals surface area contributed by atoms with Gasteiger partial charge >= 0.3 is 0 Å². The number of rotatable bonds is 3. The summed E-state index contributed by atoms with van der Waals surface area (Å²) < 4.78 is 5.14. The topological polar surface area (TPSA) is 96.1 Å². The summed E-state index contributed by atoms with van der Waals surface area (Å²) in [4.78, 5) is 30.8. The summed E-state index contributed by atoms with van der Waals surface area (Å²) in [6.45, 7) is 0. The fraction of sp³-hybridized carbons (Fsp3) is 0.0625. The summed E-state index contributed by atoms with van der Waals surface area (Å²) >= 11 is 0. The molecule has 7 heteroatoms. The summed E-state index contributed by atoms with van der Waals surface area (Å²) in [5, 5.41) is 0.868. The zero-order valence-corrected chi connectivity index (χ0v) is 12.3. The number of nitrogens with zero attached hydrogens (tertiary/aromatic N) is 1. The van der Waals surface area contributed by atoms with Gasteiger partial charge in [-0.3, -0.25) is 25.4 Å². The predicted octanol–water partition coefficient (Wildman–Crippen LogP) is 1.65. The Morgan fingerprint density at radius 3 is 2.65 bits per heavy atom.